The molecular formula is C17H24O3. The minimum absolute atomic E-state index is 0.198. The van der Waals surface area contributed by atoms with Crippen molar-refractivity contribution in [3.8, 4) is 5.75 Å². The van der Waals surface area contributed by atoms with Crippen molar-refractivity contribution in [2.24, 2.45) is 0 Å². The number of hydrogen-bond donors (Lipinski definition) is 1. The van der Waals surface area contributed by atoms with Crippen molar-refractivity contribution in [3.05, 3.63) is 29.8 Å². The summed E-state index contributed by atoms with van der Waals surface area (Å²) in [4.78, 5) is 0. The number of hydrogen-bond acceptors (Lipinski definition) is 3. The first-order chi connectivity index (χ1) is 9.34. The minimum Gasteiger partial charge on any atom is -0.488 e. The largest absolute Gasteiger partial charge is 0.488 e. The van der Waals surface area contributed by atoms with Crippen molar-refractivity contribution < 1.29 is 14.6 Å². The van der Waals surface area contributed by atoms with E-state index >= 15 is 0 Å². The molecule has 20 heavy (non-hydrogen) atoms. The van der Waals surface area contributed by atoms with Crippen molar-refractivity contribution in [3.63, 3.8) is 0 Å². The van der Waals surface area contributed by atoms with Crippen LogP contribution in [0.15, 0.2) is 24.3 Å². The fraction of sp³-hybridized carbons (Fsp3) is 0.647. The van der Waals surface area contributed by atoms with Crippen LogP contribution < -0.4 is 4.74 Å². The quantitative estimate of drug-likeness (QED) is 0.900. The average Bonchev–Trinajstić information content (AvgIpc) is 2.68. The molecule has 0 radical (unpaired) electrons. The van der Waals surface area contributed by atoms with Gasteiger partial charge >= 0.3 is 0 Å². The van der Waals surface area contributed by atoms with Gasteiger partial charge in [0.1, 0.15) is 11.4 Å². The van der Waals surface area contributed by atoms with Gasteiger partial charge in [0.15, 0.2) is 0 Å². The van der Waals surface area contributed by atoms with Crippen molar-refractivity contribution in [1.82, 2.24) is 0 Å². The van der Waals surface area contributed by atoms with Gasteiger partial charge in [-0.05, 0) is 51.3 Å². The Kier molecular flexibility index (Phi) is 3.30. The summed E-state index contributed by atoms with van der Waals surface area (Å²) in [6, 6.07) is 7.89. The van der Waals surface area contributed by atoms with E-state index in [-0.39, 0.29) is 17.8 Å². The van der Waals surface area contributed by atoms with E-state index in [9.17, 15) is 5.11 Å². The highest BCUT2D eigenvalue weighted by Crippen LogP contribution is 2.44. The van der Waals surface area contributed by atoms with Gasteiger partial charge in [0.05, 0.1) is 17.8 Å². The average molecular weight is 276 g/mol. The zero-order valence-corrected chi connectivity index (χ0v) is 12.6. The summed E-state index contributed by atoms with van der Waals surface area (Å²) in [6.07, 6.45) is 4.04. The van der Waals surface area contributed by atoms with Crippen LogP contribution >= 0.6 is 0 Å². The maximum atomic E-state index is 10.9. The van der Waals surface area contributed by atoms with E-state index in [1.807, 2.05) is 45.0 Å². The molecular weight excluding hydrogens is 252 g/mol. The molecule has 0 saturated carbocycles. The second kappa shape index (κ2) is 4.74. The van der Waals surface area contributed by atoms with Crippen molar-refractivity contribution in [1.29, 1.82) is 0 Å². The summed E-state index contributed by atoms with van der Waals surface area (Å²) < 4.78 is 11.6. The second-order valence-corrected chi connectivity index (χ2v) is 7.14. The van der Waals surface area contributed by atoms with Crippen LogP contribution in [0.4, 0.5) is 0 Å². The smallest absolute Gasteiger partial charge is 0.120 e. The van der Waals surface area contributed by atoms with Gasteiger partial charge < -0.3 is 14.6 Å². The molecule has 2 atom stereocenters. The van der Waals surface area contributed by atoms with E-state index in [4.69, 9.17) is 9.47 Å². The van der Waals surface area contributed by atoms with Gasteiger partial charge in [-0.3, -0.25) is 0 Å². The summed E-state index contributed by atoms with van der Waals surface area (Å²) in [5.74, 6) is 0.847. The lowest BCUT2D eigenvalue weighted by molar-refractivity contribution is -0.115. The lowest BCUT2D eigenvalue weighted by Crippen LogP contribution is -2.38. The van der Waals surface area contributed by atoms with Crippen LogP contribution in [0.3, 0.4) is 0 Å². The van der Waals surface area contributed by atoms with E-state index in [0.29, 0.717) is 12.8 Å². The Bertz CT molecular complexity index is 460. The molecule has 0 aliphatic carbocycles. The third-order valence-corrected chi connectivity index (χ3v) is 4.14. The topological polar surface area (TPSA) is 38.7 Å². The lowest BCUT2D eigenvalue weighted by atomic mass is 9.83. The number of ether oxygens (including phenoxy) is 2. The Balaban J connectivity index is 1.77. The zero-order chi connectivity index (χ0) is 14.4. The highest BCUT2D eigenvalue weighted by Gasteiger charge is 2.44. The standard InChI is InChI=1S/C17H24O3/c1-16(2,3)20-13-6-4-12(5-7-13)17(18)10-14-8-9-15(11-17)19-14/h4-7,14-15,18H,8-11H2,1-3H3. The van der Waals surface area contributed by atoms with Crippen molar-refractivity contribution >= 4 is 0 Å². The Morgan fingerprint density at radius 1 is 1.10 bits per heavy atom. The highest BCUT2D eigenvalue weighted by molar-refractivity contribution is 5.32. The van der Waals surface area contributed by atoms with Crippen LogP contribution in [0.5, 0.6) is 5.75 Å². The maximum Gasteiger partial charge on any atom is 0.120 e. The van der Waals surface area contributed by atoms with Crippen LogP contribution in [0.25, 0.3) is 0 Å². The molecule has 2 aliphatic rings. The van der Waals surface area contributed by atoms with Gasteiger partial charge in [0.2, 0.25) is 0 Å². The molecule has 110 valence electrons. The SMILES string of the molecule is CC(C)(C)Oc1ccc(C2(O)CC3CCC(C2)O3)cc1. The minimum atomic E-state index is -0.732. The molecule has 2 saturated heterocycles. The third-order valence-electron chi connectivity index (χ3n) is 4.14. The number of fused-ring (bicyclic) bond motifs is 2. The first-order valence-corrected chi connectivity index (χ1v) is 7.51. The number of benzene rings is 1. The Morgan fingerprint density at radius 3 is 2.15 bits per heavy atom. The van der Waals surface area contributed by atoms with Gasteiger partial charge in [-0.2, -0.15) is 0 Å². The van der Waals surface area contributed by atoms with Gasteiger partial charge in [-0.15, -0.1) is 0 Å². The Morgan fingerprint density at radius 2 is 1.65 bits per heavy atom. The third kappa shape index (κ3) is 2.84. The first kappa shape index (κ1) is 13.9. The summed E-state index contributed by atoms with van der Waals surface area (Å²) in [5, 5.41) is 10.9. The zero-order valence-electron chi connectivity index (χ0n) is 12.6. The molecule has 1 aromatic rings. The molecule has 2 unspecified atom stereocenters. The highest BCUT2D eigenvalue weighted by atomic mass is 16.5. The molecule has 1 aromatic carbocycles. The predicted molar refractivity (Wildman–Crippen MR) is 77.8 cm³/mol. The molecule has 3 nitrogen and oxygen atoms in total. The maximum absolute atomic E-state index is 10.9. The predicted octanol–water partition coefficient (Wildman–Crippen LogP) is 3.39. The van der Waals surface area contributed by atoms with Gasteiger partial charge in [-0.1, -0.05) is 12.1 Å². The molecule has 2 aliphatic heterocycles. The van der Waals surface area contributed by atoms with E-state index in [1.54, 1.807) is 0 Å². The Hall–Kier alpha value is -1.06. The molecule has 1 N–H and O–H groups in total. The van der Waals surface area contributed by atoms with Crippen LogP contribution in [0.2, 0.25) is 0 Å². The molecule has 3 heteroatoms. The number of aliphatic hydroxyl groups is 1. The summed E-state index contributed by atoms with van der Waals surface area (Å²) in [7, 11) is 0. The normalized spacial score (nSPS) is 33.2. The van der Waals surface area contributed by atoms with Crippen LogP contribution in [0.1, 0.15) is 52.0 Å². The van der Waals surface area contributed by atoms with Crippen molar-refractivity contribution in [2.45, 2.75) is 69.9 Å². The van der Waals surface area contributed by atoms with E-state index < -0.39 is 5.60 Å². The van der Waals surface area contributed by atoms with Crippen LogP contribution in [-0.2, 0) is 10.3 Å². The van der Waals surface area contributed by atoms with Crippen LogP contribution in [-0.4, -0.2) is 22.9 Å². The van der Waals surface area contributed by atoms with E-state index in [1.165, 1.54) is 0 Å². The fourth-order valence-corrected chi connectivity index (χ4v) is 3.34. The van der Waals surface area contributed by atoms with Gasteiger partial charge in [0, 0.05) is 12.8 Å². The lowest BCUT2D eigenvalue weighted by Gasteiger charge is -2.37. The van der Waals surface area contributed by atoms with Gasteiger partial charge in [0.25, 0.3) is 0 Å². The molecule has 0 spiro atoms. The van der Waals surface area contributed by atoms with Crippen LogP contribution in [0, 0.1) is 0 Å². The van der Waals surface area contributed by atoms with E-state index in [0.717, 1.165) is 24.2 Å². The summed E-state index contributed by atoms with van der Waals surface area (Å²) in [5.41, 5.74) is 0.0551. The molecule has 2 fully saturated rings. The number of rotatable bonds is 2. The summed E-state index contributed by atoms with van der Waals surface area (Å²) in [6.45, 7) is 6.10. The summed E-state index contributed by atoms with van der Waals surface area (Å²) >= 11 is 0. The molecule has 2 heterocycles. The Labute approximate surface area is 120 Å². The molecule has 3 rings (SSSR count). The second-order valence-electron chi connectivity index (χ2n) is 7.14. The molecule has 0 amide bonds. The van der Waals surface area contributed by atoms with Gasteiger partial charge in [-0.25, -0.2) is 0 Å². The fourth-order valence-electron chi connectivity index (χ4n) is 3.34. The first-order valence-electron chi connectivity index (χ1n) is 7.51. The van der Waals surface area contributed by atoms with Crippen molar-refractivity contribution in [2.75, 3.05) is 0 Å². The molecule has 0 aromatic heterocycles. The monoisotopic (exact) mass is 276 g/mol. The molecule has 2 bridgehead atoms. The van der Waals surface area contributed by atoms with E-state index in [2.05, 4.69) is 0 Å².